The second kappa shape index (κ2) is 5.12. The number of rotatable bonds is 3. The standard InChI is InChI=1S/C12H14ClF3N4/c1-6(2)10(12(14,15)16)18-8-4-7(13)9-11(19-8)20(3)5-17-9/h4-6,10H,1-3H3,(H,18,19). The van der Waals surface area contributed by atoms with Crippen LogP contribution in [0.4, 0.5) is 19.0 Å². The van der Waals surface area contributed by atoms with E-state index >= 15 is 0 Å². The molecule has 0 saturated carbocycles. The quantitative estimate of drug-likeness (QED) is 0.942. The highest BCUT2D eigenvalue weighted by molar-refractivity contribution is 6.35. The van der Waals surface area contributed by atoms with E-state index in [0.29, 0.717) is 11.2 Å². The van der Waals surface area contributed by atoms with E-state index in [2.05, 4.69) is 15.3 Å². The number of anilines is 1. The highest BCUT2D eigenvalue weighted by Gasteiger charge is 2.41. The van der Waals surface area contributed by atoms with Gasteiger partial charge in [0.1, 0.15) is 17.4 Å². The Labute approximate surface area is 119 Å². The Bertz CT molecular complexity index is 621. The minimum Gasteiger partial charge on any atom is -0.358 e. The van der Waals surface area contributed by atoms with Crippen LogP contribution in [0.1, 0.15) is 13.8 Å². The number of alkyl halides is 3. The first-order valence-electron chi connectivity index (χ1n) is 6.01. The van der Waals surface area contributed by atoms with Crippen LogP contribution in [0.15, 0.2) is 12.4 Å². The number of hydrogen-bond acceptors (Lipinski definition) is 3. The summed E-state index contributed by atoms with van der Waals surface area (Å²) in [6, 6.07) is -0.324. The summed E-state index contributed by atoms with van der Waals surface area (Å²) in [5.74, 6) is -0.542. The van der Waals surface area contributed by atoms with Crippen molar-refractivity contribution < 1.29 is 13.2 Å². The van der Waals surface area contributed by atoms with Crippen LogP contribution < -0.4 is 5.32 Å². The van der Waals surface area contributed by atoms with Crippen molar-refractivity contribution in [3.63, 3.8) is 0 Å². The van der Waals surface area contributed by atoms with Gasteiger partial charge >= 0.3 is 6.18 Å². The van der Waals surface area contributed by atoms with Crippen molar-refractivity contribution in [3.05, 3.63) is 17.4 Å². The number of nitrogens with one attached hydrogen (secondary N) is 1. The Morgan fingerprint density at radius 1 is 1.35 bits per heavy atom. The van der Waals surface area contributed by atoms with E-state index in [1.54, 1.807) is 11.6 Å². The van der Waals surface area contributed by atoms with Crippen LogP contribution in [0, 0.1) is 5.92 Å². The van der Waals surface area contributed by atoms with Gasteiger partial charge in [-0.3, -0.25) is 0 Å². The predicted octanol–water partition coefficient (Wildman–Crippen LogP) is 3.62. The molecule has 0 spiro atoms. The van der Waals surface area contributed by atoms with Crippen LogP contribution in [0.25, 0.3) is 11.2 Å². The average molecular weight is 307 g/mol. The summed E-state index contributed by atoms with van der Waals surface area (Å²) >= 11 is 6.02. The van der Waals surface area contributed by atoms with Crippen molar-refractivity contribution in [2.75, 3.05) is 5.32 Å². The molecule has 0 aromatic carbocycles. The van der Waals surface area contributed by atoms with Gasteiger partial charge in [0.05, 0.1) is 11.3 Å². The summed E-state index contributed by atoms with van der Waals surface area (Å²) < 4.78 is 40.4. The molecule has 2 aromatic heterocycles. The SMILES string of the molecule is CC(C)C(Nc1cc(Cl)c2ncn(C)c2n1)C(F)(F)F. The molecule has 0 fully saturated rings. The number of aromatic nitrogens is 3. The summed E-state index contributed by atoms with van der Waals surface area (Å²) in [5.41, 5.74) is 0.900. The van der Waals surface area contributed by atoms with Crippen LogP contribution in [-0.2, 0) is 7.05 Å². The van der Waals surface area contributed by atoms with Crippen molar-refractivity contribution >= 4 is 28.6 Å². The smallest absolute Gasteiger partial charge is 0.358 e. The lowest BCUT2D eigenvalue weighted by atomic mass is 10.0. The third-order valence-corrected chi connectivity index (χ3v) is 3.23. The van der Waals surface area contributed by atoms with Crippen LogP contribution >= 0.6 is 11.6 Å². The molecular weight excluding hydrogens is 293 g/mol. The molecule has 2 rings (SSSR count). The third kappa shape index (κ3) is 2.82. The summed E-state index contributed by atoms with van der Waals surface area (Å²) in [6.07, 6.45) is -2.85. The van der Waals surface area contributed by atoms with Crippen molar-refractivity contribution in [2.24, 2.45) is 13.0 Å². The average Bonchev–Trinajstić information content (AvgIpc) is 2.67. The molecule has 4 nitrogen and oxygen atoms in total. The highest BCUT2D eigenvalue weighted by Crippen LogP contribution is 2.30. The molecule has 0 aliphatic heterocycles. The molecule has 1 N–H and O–H groups in total. The normalized spacial score (nSPS) is 14.0. The van der Waals surface area contributed by atoms with Crippen molar-refractivity contribution in [2.45, 2.75) is 26.1 Å². The Hall–Kier alpha value is -1.50. The highest BCUT2D eigenvalue weighted by atomic mass is 35.5. The minimum absolute atomic E-state index is 0.0853. The Morgan fingerprint density at radius 3 is 2.55 bits per heavy atom. The fraction of sp³-hybridized carbons (Fsp3) is 0.500. The summed E-state index contributed by atoms with van der Waals surface area (Å²) in [4.78, 5) is 8.18. The first-order valence-corrected chi connectivity index (χ1v) is 6.38. The molecule has 2 aromatic rings. The molecule has 8 heteroatoms. The molecule has 1 unspecified atom stereocenters. The van der Waals surface area contributed by atoms with Crippen LogP contribution in [0.3, 0.4) is 0 Å². The number of hydrogen-bond donors (Lipinski definition) is 1. The zero-order chi connectivity index (χ0) is 15.1. The zero-order valence-corrected chi connectivity index (χ0v) is 11.9. The van der Waals surface area contributed by atoms with Gasteiger partial charge in [0.25, 0.3) is 0 Å². The van der Waals surface area contributed by atoms with Gasteiger partial charge in [0, 0.05) is 13.1 Å². The number of pyridine rings is 1. The van der Waals surface area contributed by atoms with Crippen molar-refractivity contribution in [1.29, 1.82) is 0 Å². The summed E-state index contributed by atoms with van der Waals surface area (Å²) in [6.45, 7) is 2.99. The lowest BCUT2D eigenvalue weighted by Gasteiger charge is -2.25. The molecular formula is C12H14ClF3N4. The molecule has 0 saturated heterocycles. The fourth-order valence-corrected chi connectivity index (χ4v) is 2.16. The fourth-order valence-electron chi connectivity index (χ4n) is 1.92. The second-order valence-electron chi connectivity index (χ2n) is 4.92. The molecule has 0 bridgehead atoms. The van der Waals surface area contributed by atoms with E-state index in [1.165, 1.54) is 26.2 Å². The maximum atomic E-state index is 12.9. The van der Waals surface area contributed by atoms with Gasteiger partial charge in [-0.25, -0.2) is 9.97 Å². The van der Waals surface area contributed by atoms with Gasteiger partial charge in [-0.15, -0.1) is 0 Å². The predicted molar refractivity (Wildman–Crippen MR) is 71.8 cm³/mol. The molecule has 0 amide bonds. The Kier molecular flexibility index (Phi) is 3.82. The molecule has 1 atom stereocenters. The van der Waals surface area contributed by atoms with Crippen LogP contribution in [0.2, 0.25) is 5.02 Å². The lowest BCUT2D eigenvalue weighted by molar-refractivity contribution is -0.150. The van der Waals surface area contributed by atoms with E-state index in [1.807, 2.05) is 0 Å². The van der Waals surface area contributed by atoms with Gasteiger partial charge in [0.15, 0.2) is 5.65 Å². The molecule has 0 radical (unpaired) electrons. The molecule has 110 valence electrons. The van der Waals surface area contributed by atoms with Gasteiger partial charge in [-0.2, -0.15) is 13.2 Å². The Balaban J connectivity index is 2.40. The van der Waals surface area contributed by atoms with Gasteiger partial charge < -0.3 is 9.88 Å². The maximum absolute atomic E-state index is 12.9. The van der Waals surface area contributed by atoms with E-state index in [0.717, 1.165) is 0 Å². The topological polar surface area (TPSA) is 42.7 Å². The van der Waals surface area contributed by atoms with Gasteiger partial charge in [-0.1, -0.05) is 25.4 Å². The number of imidazole rings is 1. The van der Waals surface area contributed by atoms with E-state index in [9.17, 15) is 13.2 Å². The molecule has 20 heavy (non-hydrogen) atoms. The first kappa shape index (κ1) is 14.9. The first-order chi connectivity index (χ1) is 9.20. The second-order valence-corrected chi connectivity index (χ2v) is 5.33. The van der Waals surface area contributed by atoms with Crippen LogP contribution in [-0.4, -0.2) is 26.8 Å². The largest absolute Gasteiger partial charge is 0.408 e. The Morgan fingerprint density at radius 2 is 2.00 bits per heavy atom. The number of nitrogens with zero attached hydrogens (tertiary/aromatic N) is 3. The van der Waals surface area contributed by atoms with E-state index in [-0.39, 0.29) is 10.8 Å². The third-order valence-electron chi connectivity index (χ3n) is 2.94. The maximum Gasteiger partial charge on any atom is 0.408 e. The number of halogens is 4. The molecule has 2 heterocycles. The monoisotopic (exact) mass is 306 g/mol. The van der Waals surface area contributed by atoms with E-state index in [4.69, 9.17) is 11.6 Å². The zero-order valence-electron chi connectivity index (χ0n) is 11.2. The van der Waals surface area contributed by atoms with E-state index < -0.39 is 18.1 Å². The number of aryl methyl sites for hydroxylation is 1. The summed E-state index contributed by atoms with van der Waals surface area (Å²) in [7, 11) is 1.70. The summed E-state index contributed by atoms with van der Waals surface area (Å²) in [5, 5.41) is 2.67. The van der Waals surface area contributed by atoms with Gasteiger partial charge in [-0.05, 0) is 5.92 Å². The number of fused-ring (bicyclic) bond motifs is 1. The van der Waals surface area contributed by atoms with Crippen molar-refractivity contribution in [3.8, 4) is 0 Å². The van der Waals surface area contributed by atoms with Crippen LogP contribution in [0.5, 0.6) is 0 Å². The molecule has 0 aliphatic carbocycles. The minimum atomic E-state index is -4.36. The van der Waals surface area contributed by atoms with Gasteiger partial charge in [0.2, 0.25) is 0 Å². The molecule has 0 aliphatic rings. The lowest BCUT2D eigenvalue weighted by Crippen LogP contribution is -2.40. The van der Waals surface area contributed by atoms with Crippen molar-refractivity contribution in [1.82, 2.24) is 14.5 Å².